The number of amides is 2. The SMILES string of the molecule is CC(C)N(CCC(N)=NO)C(=O)Nc1ccccc1Cl. The zero-order chi connectivity index (χ0) is 15.1. The first-order valence-corrected chi connectivity index (χ1v) is 6.62. The number of anilines is 1. The van der Waals surface area contributed by atoms with Gasteiger partial charge in [-0.25, -0.2) is 4.79 Å². The zero-order valence-electron chi connectivity index (χ0n) is 11.5. The molecular weight excluding hydrogens is 280 g/mol. The molecule has 4 N–H and O–H groups in total. The second-order valence-corrected chi connectivity index (χ2v) is 4.95. The van der Waals surface area contributed by atoms with E-state index in [0.29, 0.717) is 23.7 Å². The highest BCUT2D eigenvalue weighted by molar-refractivity contribution is 6.33. The van der Waals surface area contributed by atoms with Gasteiger partial charge < -0.3 is 21.2 Å². The molecule has 0 aliphatic carbocycles. The van der Waals surface area contributed by atoms with Gasteiger partial charge in [-0.2, -0.15) is 0 Å². The average molecular weight is 299 g/mol. The number of urea groups is 1. The molecule has 0 heterocycles. The van der Waals surface area contributed by atoms with Gasteiger partial charge in [0.05, 0.1) is 10.7 Å². The number of rotatable bonds is 5. The van der Waals surface area contributed by atoms with Gasteiger partial charge in [0.15, 0.2) is 0 Å². The Kier molecular flexibility index (Phi) is 6.11. The molecule has 0 radical (unpaired) electrons. The van der Waals surface area contributed by atoms with E-state index in [2.05, 4.69) is 10.5 Å². The van der Waals surface area contributed by atoms with Gasteiger partial charge in [-0.3, -0.25) is 0 Å². The number of carbonyl (C=O) groups excluding carboxylic acids is 1. The molecule has 2 amide bonds. The number of hydrogen-bond acceptors (Lipinski definition) is 3. The van der Waals surface area contributed by atoms with E-state index in [4.69, 9.17) is 22.5 Å². The molecule has 7 heteroatoms. The van der Waals surface area contributed by atoms with E-state index in [1.54, 1.807) is 29.2 Å². The van der Waals surface area contributed by atoms with Crippen molar-refractivity contribution in [2.24, 2.45) is 10.9 Å². The third-order valence-corrected chi connectivity index (χ3v) is 3.07. The van der Waals surface area contributed by atoms with Crippen molar-refractivity contribution >= 4 is 29.2 Å². The smallest absolute Gasteiger partial charge is 0.322 e. The first kappa shape index (κ1) is 16.1. The van der Waals surface area contributed by atoms with Crippen LogP contribution in [0.25, 0.3) is 0 Å². The number of halogens is 1. The Morgan fingerprint density at radius 3 is 2.70 bits per heavy atom. The first-order valence-electron chi connectivity index (χ1n) is 6.24. The van der Waals surface area contributed by atoms with Gasteiger partial charge in [0, 0.05) is 19.0 Å². The summed E-state index contributed by atoms with van der Waals surface area (Å²) >= 11 is 6.00. The lowest BCUT2D eigenvalue weighted by Crippen LogP contribution is -2.41. The highest BCUT2D eigenvalue weighted by atomic mass is 35.5. The summed E-state index contributed by atoms with van der Waals surface area (Å²) in [5, 5.41) is 14.6. The summed E-state index contributed by atoms with van der Waals surface area (Å²) < 4.78 is 0. The van der Waals surface area contributed by atoms with E-state index >= 15 is 0 Å². The Balaban J connectivity index is 2.72. The van der Waals surface area contributed by atoms with Crippen molar-refractivity contribution in [1.29, 1.82) is 0 Å². The zero-order valence-corrected chi connectivity index (χ0v) is 12.3. The topological polar surface area (TPSA) is 90.9 Å². The van der Waals surface area contributed by atoms with Gasteiger partial charge in [0.2, 0.25) is 0 Å². The first-order chi connectivity index (χ1) is 9.45. The molecule has 0 aliphatic rings. The Bertz CT molecular complexity index is 491. The summed E-state index contributed by atoms with van der Waals surface area (Å²) in [6.45, 7) is 4.13. The summed E-state index contributed by atoms with van der Waals surface area (Å²) in [6, 6.07) is 6.70. The van der Waals surface area contributed by atoms with E-state index in [1.165, 1.54) is 0 Å². The van der Waals surface area contributed by atoms with Crippen molar-refractivity contribution in [2.45, 2.75) is 26.3 Å². The van der Waals surface area contributed by atoms with E-state index in [1.807, 2.05) is 13.8 Å². The number of oxime groups is 1. The third kappa shape index (κ3) is 4.62. The van der Waals surface area contributed by atoms with Crippen molar-refractivity contribution in [3.05, 3.63) is 29.3 Å². The van der Waals surface area contributed by atoms with Crippen LogP contribution in [0.15, 0.2) is 29.4 Å². The number of hydrogen-bond donors (Lipinski definition) is 3. The number of nitrogens with two attached hydrogens (primary N) is 1. The van der Waals surface area contributed by atoms with Crippen molar-refractivity contribution in [2.75, 3.05) is 11.9 Å². The minimum Gasteiger partial charge on any atom is -0.409 e. The Labute approximate surface area is 123 Å². The maximum Gasteiger partial charge on any atom is 0.322 e. The average Bonchev–Trinajstić information content (AvgIpc) is 2.41. The van der Waals surface area contributed by atoms with Crippen molar-refractivity contribution in [1.82, 2.24) is 4.90 Å². The second kappa shape index (κ2) is 7.59. The van der Waals surface area contributed by atoms with Gasteiger partial charge in [-0.05, 0) is 26.0 Å². The predicted octanol–water partition coefficient (Wildman–Crippen LogP) is 2.72. The van der Waals surface area contributed by atoms with E-state index in [0.717, 1.165) is 0 Å². The minimum absolute atomic E-state index is 0.0241. The number of amidine groups is 1. The minimum atomic E-state index is -0.279. The van der Waals surface area contributed by atoms with Crippen molar-refractivity contribution < 1.29 is 10.0 Å². The van der Waals surface area contributed by atoms with Crippen LogP contribution in [-0.4, -0.2) is 34.6 Å². The van der Waals surface area contributed by atoms with Crippen LogP contribution in [0, 0.1) is 0 Å². The molecule has 0 aliphatic heterocycles. The summed E-state index contributed by atoms with van der Waals surface area (Å²) in [6.07, 6.45) is 0.296. The summed E-state index contributed by atoms with van der Waals surface area (Å²) in [5.74, 6) is 0.0844. The van der Waals surface area contributed by atoms with E-state index in [9.17, 15) is 4.79 Å². The van der Waals surface area contributed by atoms with Gasteiger partial charge in [-0.15, -0.1) is 0 Å². The van der Waals surface area contributed by atoms with Crippen LogP contribution in [0.3, 0.4) is 0 Å². The summed E-state index contributed by atoms with van der Waals surface area (Å²) in [7, 11) is 0. The summed E-state index contributed by atoms with van der Waals surface area (Å²) in [5.41, 5.74) is 5.97. The van der Waals surface area contributed by atoms with Crippen LogP contribution in [0.5, 0.6) is 0 Å². The molecule has 0 bridgehead atoms. The van der Waals surface area contributed by atoms with Crippen LogP contribution in [-0.2, 0) is 0 Å². The number of para-hydroxylation sites is 1. The van der Waals surface area contributed by atoms with Crippen molar-refractivity contribution in [3.8, 4) is 0 Å². The lowest BCUT2D eigenvalue weighted by atomic mass is 10.3. The molecule has 1 rings (SSSR count). The number of carbonyl (C=O) groups is 1. The standard InChI is InChI=1S/C13H19ClN4O2/c1-9(2)18(8-7-12(15)17-20)13(19)16-11-6-4-3-5-10(11)14/h3-6,9,20H,7-8H2,1-2H3,(H2,15,17)(H,16,19). The Hall–Kier alpha value is -1.95. The quantitative estimate of drug-likeness (QED) is 0.338. The molecular formula is C13H19ClN4O2. The number of nitrogens with one attached hydrogen (secondary N) is 1. The lowest BCUT2D eigenvalue weighted by Gasteiger charge is -2.27. The van der Waals surface area contributed by atoms with E-state index in [-0.39, 0.29) is 17.9 Å². The molecule has 110 valence electrons. The highest BCUT2D eigenvalue weighted by Crippen LogP contribution is 2.21. The monoisotopic (exact) mass is 298 g/mol. The van der Waals surface area contributed by atoms with Gasteiger partial charge in [-0.1, -0.05) is 28.9 Å². The second-order valence-electron chi connectivity index (χ2n) is 4.54. The third-order valence-electron chi connectivity index (χ3n) is 2.74. The fourth-order valence-corrected chi connectivity index (χ4v) is 1.81. The van der Waals surface area contributed by atoms with Crippen LogP contribution < -0.4 is 11.1 Å². The molecule has 0 spiro atoms. The Morgan fingerprint density at radius 1 is 1.50 bits per heavy atom. The molecule has 0 fully saturated rings. The summed E-state index contributed by atoms with van der Waals surface area (Å²) in [4.78, 5) is 13.8. The maximum atomic E-state index is 12.2. The van der Waals surface area contributed by atoms with Crippen LogP contribution in [0.1, 0.15) is 20.3 Å². The Morgan fingerprint density at radius 2 is 2.15 bits per heavy atom. The molecule has 0 atom stereocenters. The molecule has 0 unspecified atom stereocenters. The van der Waals surface area contributed by atoms with Crippen LogP contribution in [0.4, 0.5) is 10.5 Å². The van der Waals surface area contributed by atoms with Gasteiger partial charge >= 0.3 is 6.03 Å². The van der Waals surface area contributed by atoms with Gasteiger partial charge in [0.25, 0.3) is 0 Å². The molecule has 1 aromatic carbocycles. The maximum absolute atomic E-state index is 12.2. The predicted molar refractivity (Wildman–Crippen MR) is 80.3 cm³/mol. The normalized spacial score (nSPS) is 11.5. The fourth-order valence-electron chi connectivity index (χ4n) is 1.63. The molecule has 0 aromatic heterocycles. The van der Waals surface area contributed by atoms with Crippen molar-refractivity contribution in [3.63, 3.8) is 0 Å². The van der Waals surface area contributed by atoms with Crippen LogP contribution in [0.2, 0.25) is 5.02 Å². The largest absolute Gasteiger partial charge is 0.409 e. The number of nitrogens with zero attached hydrogens (tertiary/aromatic N) is 2. The molecule has 1 aromatic rings. The fraction of sp³-hybridized carbons (Fsp3) is 0.385. The lowest BCUT2D eigenvalue weighted by molar-refractivity contribution is 0.198. The molecule has 0 saturated carbocycles. The van der Waals surface area contributed by atoms with Crippen LogP contribution >= 0.6 is 11.6 Å². The van der Waals surface area contributed by atoms with E-state index < -0.39 is 0 Å². The highest BCUT2D eigenvalue weighted by Gasteiger charge is 2.18. The van der Waals surface area contributed by atoms with Gasteiger partial charge in [0.1, 0.15) is 5.84 Å². The molecule has 6 nitrogen and oxygen atoms in total. The molecule has 20 heavy (non-hydrogen) atoms. The molecule has 0 saturated heterocycles. The number of benzene rings is 1.